The Morgan fingerprint density at radius 2 is 1.83 bits per heavy atom. The van der Waals surface area contributed by atoms with Crippen molar-refractivity contribution in [2.24, 2.45) is 0 Å². The number of nitrogens with zero attached hydrogens (tertiary/aromatic N) is 1. The molecule has 5 nitrogen and oxygen atoms in total. The topological polar surface area (TPSA) is 66.9 Å². The quantitative estimate of drug-likeness (QED) is 0.834. The Morgan fingerprint density at radius 1 is 1.17 bits per heavy atom. The van der Waals surface area contributed by atoms with Gasteiger partial charge >= 0.3 is 5.69 Å². The van der Waals surface area contributed by atoms with Gasteiger partial charge in [0.05, 0.1) is 5.56 Å². The van der Waals surface area contributed by atoms with Crippen LogP contribution in [0.3, 0.4) is 0 Å². The molecule has 0 unspecified atom stereocenters. The Kier molecular flexibility index (Phi) is 5.21. The first-order valence-electron chi connectivity index (χ1n) is 7.78. The molecule has 0 bridgehead atoms. The number of benzene rings is 1. The van der Waals surface area contributed by atoms with Gasteiger partial charge in [-0.05, 0) is 50.5 Å². The second kappa shape index (κ2) is 7.13. The molecule has 0 fully saturated rings. The van der Waals surface area contributed by atoms with E-state index in [0.717, 1.165) is 16.8 Å². The van der Waals surface area contributed by atoms with Gasteiger partial charge < -0.3 is 5.32 Å². The zero-order valence-electron chi connectivity index (χ0n) is 14.1. The molecular formula is C18H23N3O2. The fourth-order valence-corrected chi connectivity index (χ4v) is 2.65. The van der Waals surface area contributed by atoms with Crippen molar-refractivity contribution < 1.29 is 0 Å². The second-order valence-electron chi connectivity index (χ2n) is 5.62. The van der Waals surface area contributed by atoms with E-state index in [0.29, 0.717) is 24.3 Å². The zero-order chi connectivity index (χ0) is 17.0. The summed E-state index contributed by atoms with van der Waals surface area (Å²) in [5.41, 5.74) is 2.96. The number of H-pyrrole nitrogens is 1. The lowest BCUT2D eigenvalue weighted by molar-refractivity contribution is 0.732. The molecular weight excluding hydrogens is 290 g/mol. The van der Waals surface area contributed by atoms with Crippen LogP contribution in [-0.2, 0) is 13.0 Å². The highest BCUT2D eigenvalue weighted by Crippen LogP contribution is 2.20. The largest absolute Gasteiger partial charge is 0.341 e. The highest BCUT2D eigenvalue weighted by Gasteiger charge is 2.13. The number of hydrogen-bond acceptors (Lipinski definition) is 3. The lowest BCUT2D eigenvalue weighted by Crippen LogP contribution is -2.34. The molecule has 0 spiro atoms. The van der Waals surface area contributed by atoms with Crippen LogP contribution in [0, 0.1) is 13.8 Å². The fourth-order valence-electron chi connectivity index (χ4n) is 2.65. The van der Waals surface area contributed by atoms with E-state index >= 15 is 0 Å². The van der Waals surface area contributed by atoms with Crippen LogP contribution in [0.5, 0.6) is 0 Å². The van der Waals surface area contributed by atoms with Crippen molar-refractivity contribution in [3.8, 4) is 0 Å². The van der Waals surface area contributed by atoms with Gasteiger partial charge in [-0.3, -0.25) is 14.3 Å². The van der Waals surface area contributed by atoms with Crippen LogP contribution in [0.2, 0.25) is 0 Å². The number of aryl methyl sites for hydroxylation is 2. The molecule has 1 aromatic carbocycles. The third-order valence-corrected chi connectivity index (χ3v) is 3.66. The third kappa shape index (κ3) is 3.80. The number of aromatic amines is 1. The predicted molar refractivity (Wildman–Crippen MR) is 94.7 cm³/mol. The van der Waals surface area contributed by atoms with Crippen molar-refractivity contribution in [2.45, 2.75) is 40.7 Å². The number of rotatable bonds is 5. The average Bonchev–Trinajstić information content (AvgIpc) is 2.46. The third-order valence-electron chi connectivity index (χ3n) is 3.66. The molecule has 2 rings (SSSR count). The Morgan fingerprint density at radius 3 is 2.39 bits per heavy atom. The molecule has 0 saturated heterocycles. The summed E-state index contributed by atoms with van der Waals surface area (Å²) in [4.78, 5) is 26.7. The summed E-state index contributed by atoms with van der Waals surface area (Å²) >= 11 is 0. The van der Waals surface area contributed by atoms with Gasteiger partial charge in [-0.2, -0.15) is 0 Å². The lowest BCUT2D eigenvalue weighted by atomic mass is 10.1. The van der Waals surface area contributed by atoms with Gasteiger partial charge in [-0.15, -0.1) is 0 Å². The van der Waals surface area contributed by atoms with Crippen molar-refractivity contribution in [1.29, 1.82) is 0 Å². The molecule has 2 N–H and O–H groups in total. The molecule has 1 heterocycles. The van der Waals surface area contributed by atoms with Gasteiger partial charge in [0, 0.05) is 12.2 Å². The highest BCUT2D eigenvalue weighted by molar-refractivity contribution is 5.61. The molecule has 23 heavy (non-hydrogen) atoms. The van der Waals surface area contributed by atoms with Gasteiger partial charge in [0.15, 0.2) is 0 Å². The summed E-state index contributed by atoms with van der Waals surface area (Å²) in [6.07, 6.45) is 4.30. The van der Waals surface area contributed by atoms with Crippen LogP contribution in [-0.4, -0.2) is 9.55 Å². The summed E-state index contributed by atoms with van der Waals surface area (Å²) in [6, 6.07) is 6.08. The molecule has 1 aromatic heterocycles. The smallest absolute Gasteiger partial charge is 0.330 e. The van der Waals surface area contributed by atoms with Crippen molar-refractivity contribution in [1.82, 2.24) is 9.55 Å². The monoisotopic (exact) mass is 313 g/mol. The molecule has 0 saturated carbocycles. The second-order valence-corrected chi connectivity index (χ2v) is 5.62. The minimum atomic E-state index is -0.405. The number of hydrogen-bond donors (Lipinski definition) is 2. The summed E-state index contributed by atoms with van der Waals surface area (Å²) in [6.45, 7) is 8.25. The van der Waals surface area contributed by atoms with Gasteiger partial charge in [-0.25, -0.2) is 4.79 Å². The minimum Gasteiger partial charge on any atom is -0.341 e. The van der Waals surface area contributed by atoms with Crippen LogP contribution in [0.25, 0.3) is 0 Å². The number of allylic oxidation sites excluding steroid dienone is 2. The predicted octanol–water partition coefficient (Wildman–Crippen LogP) is 3.04. The Bertz CT molecular complexity index is 824. The number of anilines is 2. The molecule has 0 radical (unpaired) electrons. The van der Waals surface area contributed by atoms with E-state index < -0.39 is 5.69 Å². The van der Waals surface area contributed by atoms with E-state index in [9.17, 15) is 9.59 Å². The molecule has 0 atom stereocenters. The van der Waals surface area contributed by atoms with E-state index in [1.807, 2.05) is 52.0 Å². The maximum atomic E-state index is 12.2. The molecule has 122 valence electrons. The van der Waals surface area contributed by atoms with Gasteiger partial charge in [-0.1, -0.05) is 25.1 Å². The standard InChI is InChI=1S/C18H23N3O2/c1-5-7-8-21-16(15(6-2)17(22)20-18(21)23)19-14-10-12(3)9-13(4)11-14/h5,7,9-11,19H,6,8H2,1-4H3,(H,20,22,23)/b7-5+. The van der Waals surface area contributed by atoms with Crippen LogP contribution in [0.15, 0.2) is 39.9 Å². The molecule has 5 heteroatoms. The van der Waals surface area contributed by atoms with Crippen molar-refractivity contribution in [3.05, 3.63) is 67.9 Å². The summed E-state index contributed by atoms with van der Waals surface area (Å²) in [7, 11) is 0. The average molecular weight is 313 g/mol. The van der Waals surface area contributed by atoms with Crippen LogP contribution in [0.1, 0.15) is 30.5 Å². The number of aromatic nitrogens is 2. The maximum Gasteiger partial charge on any atom is 0.330 e. The zero-order valence-corrected chi connectivity index (χ0v) is 14.1. The Hall–Kier alpha value is -2.56. The van der Waals surface area contributed by atoms with E-state index in [2.05, 4.69) is 16.4 Å². The normalized spacial score (nSPS) is 11.1. The van der Waals surface area contributed by atoms with E-state index in [1.165, 1.54) is 0 Å². The van der Waals surface area contributed by atoms with Crippen LogP contribution in [0.4, 0.5) is 11.5 Å². The van der Waals surface area contributed by atoms with Crippen LogP contribution >= 0.6 is 0 Å². The first-order chi connectivity index (χ1) is 11.0. The maximum absolute atomic E-state index is 12.2. The molecule has 0 aliphatic carbocycles. The van der Waals surface area contributed by atoms with Crippen molar-refractivity contribution in [3.63, 3.8) is 0 Å². The first kappa shape index (κ1) is 16.8. The lowest BCUT2D eigenvalue weighted by Gasteiger charge is -2.17. The summed E-state index contributed by atoms with van der Waals surface area (Å²) in [5.74, 6) is 0.560. The molecule has 0 aliphatic rings. The Balaban J connectivity index is 2.62. The summed E-state index contributed by atoms with van der Waals surface area (Å²) in [5, 5.41) is 3.27. The molecule has 0 aliphatic heterocycles. The minimum absolute atomic E-state index is 0.332. The van der Waals surface area contributed by atoms with Crippen molar-refractivity contribution >= 4 is 11.5 Å². The SMILES string of the molecule is C/C=C/Cn1c(Nc2cc(C)cc(C)c2)c(CC)c(=O)[nH]c1=O. The van der Waals surface area contributed by atoms with E-state index in [-0.39, 0.29) is 5.56 Å². The summed E-state index contributed by atoms with van der Waals surface area (Å²) < 4.78 is 1.55. The fraction of sp³-hybridized carbons (Fsp3) is 0.333. The van der Waals surface area contributed by atoms with Crippen LogP contribution < -0.4 is 16.6 Å². The van der Waals surface area contributed by atoms with Crippen molar-refractivity contribution in [2.75, 3.05) is 5.32 Å². The van der Waals surface area contributed by atoms with E-state index in [4.69, 9.17) is 0 Å². The van der Waals surface area contributed by atoms with E-state index in [1.54, 1.807) is 4.57 Å². The molecule has 2 aromatic rings. The Labute approximate surface area is 135 Å². The first-order valence-corrected chi connectivity index (χ1v) is 7.78. The van der Waals surface area contributed by atoms with Gasteiger partial charge in [0.2, 0.25) is 0 Å². The number of nitrogens with one attached hydrogen (secondary N) is 2. The van der Waals surface area contributed by atoms with Gasteiger partial charge in [0.25, 0.3) is 5.56 Å². The molecule has 0 amide bonds. The highest BCUT2D eigenvalue weighted by atomic mass is 16.2. The van der Waals surface area contributed by atoms with Gasteiger partial charge in [0.1, 0.15) is 5.82 Å².